The summed E-state index contributed by atoms with van der Waals surface area (Å²) in [4.78, 5) is 9.45. The molecule has 0 aliphatic heterocycles. The van der Waals surface area contributed by atoms with Gasteiger partial charge in [0.2, 0.25) is 11.8 Å². The molecule has 51 heavy (non-hydrogen) atoms. The molecular weight excluding hydrogens is 631 g/mol. The highest BCUT2D eigenvalue weighted by molar-refractivity contribution is 5.91. The lowest BCUT2D eigenvalue weighted by Gasteiger charge is -2.22. The van der Waals surface area contributed by atoms with Gasteiger partial charge in [0.1, 0.15) is 23.2 Å². The van der Waals surface area contributed by atoms with E-state index in [9.17, 15) is 15.8 Å². The second-order valence-electron chi connectivity index (χ2n) is 13.1. The molecule has 7 heteroatoms. The fourth-order valence-corrected chi connectivity index (χ4v) is 7.41. The second kappa shape index (κ2) is 11.1. The van der Waals surface area contributed by atoms with Crippen molar-refractivity contribution >= 4 is 22.2 Å². The van der Waals surface area contributed by atoms with Gasteiger partial charge < -0.3 is 8.83 Å². The lowest BCUT2D eigenvalue weighted by Crippen LogP contribution is -2.15. The van der Waals surface area contributed by atoms with E-state index in [-0.39, 0.29) is 22.1 Å². The van der Waals surface area contributed by atoms with E-state index >= 15 is 0 Å². The monoisotopic (exact) mass is 655 g/mol. The number of benzene rings is 6. The third kappa shape index (κ3) is 4.56. The number of hydrogen-bond acceptors (Lipinski definition) is 7. The smallest absolute Gasteiger partial charge is 0.227 e. The summed E-state index contributed by atoms with van der Waals surface area (Å²) >= 11 is 0. The quantitative estimate of drug-likeness (QED) is 0.185. The lowest BCUT2D eigenvalue weighted by molar-refractivity contribution is 0.617. The highest BCUT2D eigenvalue weighted by Crippen LogP contribution is 2.50. The van der Waals surface area contributed by atoms with Crippen LogP contribution < -0.4 is 0 Å². The fourth-order valence-electron chi connectivity index (χ4n) is 7.41. The summed E-state index contributed by atoms with van der Waals surface area (Å²) in [6.45, 7) is 4.36. The van der Waals surface area contributed by atoms with Crippen molar-refractivity contribution in [1.29, 1.82) is 15.8 Å². The van der Waals surface area contributed by atoms with Crippen LogP contribution in [0, 0.1) is 34.0 Å². The average molecular weight is 656 g/mol. The highest BCUT2D eigenvalue weighted by Gasteiger charge is 2.35. The van der Waals surface area contributed by atoms with E-state index in [1.54, 1.807) is 6.07 Å². The summed E-state index contributed by atoms with van der Waals surface area (Å²) in [5, 5.41) is 32.0. The fraction of sp³-hybridized carbons (Fsp3) is 0.0682. The minimum absolute atomic E-state index is 0.135. The number of fused-ring (bicyclic) bond motifs is 5. The summed E-state index contributed by atoms with van der Waals surface area (Å²) in [6.07, 6.45) is 0. The Hall–Kier alpha value is -7.27. The molecule has 2 aromatic heterocycles. The molecule has 6 aromatic carbocycles. The van der Waals surface area contributed by atoms with Crippen LogP contribution >= 0.6 is 0 Å². The van der Waals surface area contributed by atoms with E-state index in [1.165, 1.54) is 11.1 Å². The largest absolute Gasteiger partial charge is 0.436 e. The molecule has 0 atom stereocenters. The second-order valence-corrected chi connectivity index (χ2v) is 13.1. The van der Waals surface area contributed by atoms with Gasteiger partial charge in [-0.05, 0) is 88.0 Å². The molecule has 0 fully saturated rings. The molecule has 0 saturated heterocycles. The van der Waals surface area contributed by atoms with Crippen molar-refractivity contribution in [3.63, 3.8) is 0 Å². The topological polar surface area (TPSA) is 123 Å². The molecule has 9 rings (SSSR count). The number of rotatable bonds is 4. The van der Waals surface area contributed by atoms with E-state index in [2.05, 4.69) is 56.3 Å². The molecule has 238 valence electrons. The van der Waals surface area contributed by atoms with Gasteiger partial charge in [-0.25, -0.2) is 9.97 Å². The molecule has 0 radical (unpaired) electrons. The average Bonchev–Trinajstić information content (AvgIpc) is 3.87. The van der Waals surface area contributed by atoms with Crippen molar-refractivity contribution in [2.45, 2.75) is 19.3 Å². The zero-order valence-electron chi connectivity index (χ0n) is 27.5. The number of nitriles is 3. The van der Waals surface area contributed by atoms with E-state index in [0.29, 0.717) is 67.4 Å². The van der Waals surface area contributed by atoms with E-state index < -0.39 is 0 Å². The number of aromatic nitrogens is 2. The maximum absolute atomic E-state index is 10.7. The van der Waals surface area contributed by atoms with Gasteiger partial charge >= 0.3 is 0 Å². The van der Waals surface area contributed by atoms with Gasteiger partial charge in [0, 0.05) is 27.7 Å². The Morgan fingerprint density at radius 2 is 1.08 bits per heavy atom. The molecule has 0 unspecified atom stereocenters. The van der Waals surface area contributed by atoms with Gasteiger partial charge in [-0.15, -0.1) is 0 Å². The molecule has 0 amide bonds. The zero-order chi connectivity index (χ0) is 34.9. The van der Waals surface area contributed by atoms with Crippen molar-refractivity contribution in [3.05, 3.63) is 143 Å². The molecule has 7 nitrogen and oxygen atoms in total. The molecule has 8 aromatic rings. The Labute approximate surface area is 292 Å². The molecule has 0 N–H and O–H groups in total. The van der Waals surface area contributed by atoms with Crippen molar-refractivity contribution in [2.24, 2.45) is 0 Å². The molecule has 1 aliphatic rings. The van der Waals surface area contributed by atoms with Crippen LogP contribution in [-0.2, 0) is 5.41 Å². The number of para-hydroxylation sites is 4. The maximum atomic E-state index is 10.7. The van der Waals surface area contributed by atoms with Crippen LogP contribution in [0.3, 0.4) is 0 Å². The third-order valence-electron chi connectivity index (χ3n) is 9.87. The van der Waals surface area contributed by atoms with E-state index in [4.69, 9.17) is 18.8 Å². The van der Waals surface area contributed by atoms with Gasteiger partial charge in [-0.3, -0.25) is 0 Å². The molecule has 2 heterocycles. The summed E-state index contributed by atoms with van der Waals surface area (Å²) in [6, 6.07) is 43.6. The molecular formula is C44H25N5O2. The summed E-state index contributed by atoms with van der Waals surface area (Å²) in [7, 11) is 0. The van der Waals surface area contributed by atoms with Gasteiger partial charge in [0.05, 0.1) is 22.8 Å². The highest BCUT2D eigenvalue weighted by atomic mass is 16.4. The van der Waals surface area contributed by atoms with Gasteiger partial charge in [-0.2, -0.15) is 15.8 Å². The first-order valence-electron chi connectivity index (χ1n) is 16.4. The number of hydrogen-bond donors (Lipinski definition) is 0. The molecule has 0 spiro atoms. The van der Waals surface area contributed by atoms with Crippen molar-refractivity contribution in [3.8, 4) is 74.5 Å². The van der Waals surface area contributed by atoms with Gasteiger partial charge in [0.15, 0.2) is 11.2 Å². The van der Waals surface area contributed by atoms with Crippen LogP contribution in [0.2, 0.25) is 0 Å². The van der Waals surface area contributed by atoms with Crippen LogP contribution in [0.25, 0.3) is 78.5 Å². The lowest BCUT2D eigenvalue weighted by atomic mass is 9.80. The Bertz CT molecular complexity index is 2730. The molecule has 0 saturated carbocycles. The first kappa shape index (κ1) is 29.8. The van der Waals surface area contributed by atoms with Crippen LogP contribution in [-0.4, -0.2) is 9.97 Å². The first-order chi connectivity index (χ1) is 24.9. The Kier molecular flexibility index (Phi) is 6.52. The number of oxazole rings is 2. The van der Waals surface area contributed by atoms with E-state index in [1.807, 2.05) is 84.9 Å². The maximum Gasteiger partial charge on any atom is 0.227 e. The molecule has 1 aliphatic carbocycles. The summed E-state index contributed by atoms with van der Waals surface area (Å²) < 4.78 is 12.3. The SMILES string of the molecule is CC1(C)c2ccccc2-c2ccc(-c3c(C#N)cc(-c4cc(-c5nc6ccccc6o5)cc(-c5nc6ccccc6o5)c4)c(C#N)c3C#N)cc21. The van der Waals surface area contributed by atoms with Crippen molar-refractivity contribution in [2.75, 3.05) is 0 Å². The number of nitrogens with zero attached hydrogens (tertiary/aromatic N) is 5. The summed E-state index contributed by atoms with van der Waals surface area (Å²) in [5.41, 5.74) is 10.9. The van der Waals surface area contributed by atoms with Crippen molar-refractivity contribution in [1.82, 2.24) is 9.97 Å². The Morgan fingerprint density at radius 1 is 0.510 bits per heavy atom. The first-order valence-corrected chi connectivity index (χ1v) is 16.4. The molecule has 0 bridgehead atoms. The Morgan fingerprint density at radius 3 is 1.69 bits per heavy atom. The minimum atomic E-state index is -0.286. The normalized spacial score (nSPS) is 12.6. The van der Waals surface area contributed by atoms with Crippen LogP contribution in [0.5, 0.6) is 0 Å². The standard InChI is InChI=1S/C44H25N5O2/c1-44(2)35-10-4-3-9-30(35)31-16-15-25(21-36(31)44)41-29(22-45)20-32(33(23-46)34(41)24-47)26-17-27(42-48-37-11-5-7-13-39(37)50-42)19-28(18-26)43-49-38-12-6-8-14-40(38)51-43/h3-21H,1-2H3. The zero-order valence-corrected chi connectivity index (χ0v) is 27.5. The van der Waals surface area contributed by atoms with Crippen LogP contribution in [0.15, 0.2) is 124 Å². The van der Waals surface area contributed by atoms with Crippen molar-refractivity contribution < 1.29 is 8.83 Å². The van der Waals surface area contributed by atoms with Crippen LogP contribution in [0.4, 0.5) is 0 Å². The predicted octanol–water partition coefficient (Wildman–Crippen LogP) is 10.6. The third-order valence-corrected chi connectivity index (χ3v) is 9.87. The summed E-state index contributed by atoms with van der Waals surface area (Å²) in [5.74, 6) is 0.738. The predicted molar refractivity (Wildman–Crippen MR) is 195 cm³/mol. The Balaban J connectivity index is 1.26. The van der Waals surface area contributed by atoms with E-state index in [0.717, 1.165) is 11.1 Å². The van der Waals surface area contributed by atoms with Crippen LogP contribution in [0.1, 0.15) is 41.7 Å². The van der Waals surface area contributed by atoms with Gasteiger partial charge in [0.25, 0.3) is 0 Å². The van der Waals surface area contributed by atoms with Gasteiger partial charge in [-0.1, -0.05) is 74.5 Å². The minimum Gasteiger partial charge on any atom is -0.436 e.